The van der Waals surface area contributed by atoms with Crippen LogP contribution in [0.5, 0.6) is 0 Å². The van der Waals surface area contributed by atoms with Crippen molar-refractivity contribution < 1.29 is 51.0 Å². The Morgan fingerprint density at radius 3 is 2.21 bits per heavy atom. The van der Waals surface area contributed by atoms with Crippen molar-refractivity contribution in [3.63, 3.8) is 0 Å². The van der Waals surface area contributed by atoms with E-state index in [9.17, 15) is 0 Å². The summed E-state index contributed by atoms with van der Waals surface area (Å²) >= 11 is 0. The zero-order valence-electron chi connectivity index (χ0n) is 8.28. The van der Waals surface area contributed by atoms with Crippen LogP contribution < -0.4 is 24.8 Å². The first-order valence-electron chi connectivity index (χ1n) is 3.77. The Kier molecular flexibility index (Phi) is 7.25. The number of hydrogen-bond donors (Lipinski definition) is 0. The molecule has 2 rings (SSSR count). The van der Waals surface area contributed by atoms with Crippen LogP contribution in [0.1, 0.15) is 20.8 Å². The van der Waals surface area contributed by atoms with Crippen LogP contribution in [0.2, 0.25) is 0 Å². The van der Waals surface area contributed by atoms with E-state index in [1.807, 2.05) is 6.92 Å². The Bertz CT molecular complexity index is 351. The normalized spacial score (nSPS) is 16.9. The molecule has 0 spiro atoms. The molecular formula is C10H10Cl2NZr. The van der Waals surface area contributed by atoms with Crippen molar-refractivity contribution in [2.75, 3.05) is 0 Å². The molecule has 1 aliphatic heterocycles. The van der Waals surface area contributed by atoms with Gasteiger partial charge in [0.1, 0.15) is 0 Å². The van der Waals surface area contributed by atoms with Gasteiger partial charge in [0.2, 0.25) is 0 Å². The van der Waals surface area contributed by atoms with Gasteiger partial charge in [-0.25, -0.2) is 0 Å². The zero-order chi connectivity index (χ0) is 8.01. The van der Waals surface area contributed by atoms with Crippen LogP contribution in [0.4, 0.5) is 0 Å². The summed E-state index contributed by atoms with van der Waals surface area (Å²) < 4.78 is 0. The van der Waals surface area contributed by atoms with Gasteiger partial charge in [-0.3, -0.25) is 0 Å². The third-order valence-electron chi connectivity index (χ3n) is 2.14. The van der Waals surface area contributed by atoms with Crippen molar-refractivity contribution in [2.45, 2.75) is 20.8 Å². The van der Waals surface area contributed by atoms with Crippen molar-refractivity contribution >= 4 is 5.71 Å². The van der Waals surface area contributed by atoms with Crippen molar-refractivity contribution in [1.82, 2.24) is 0 Å². The Hall–Kier alpha value is 0.353. The predicted octanol–water partition coefficient (Wildman–Crippen LogP) is -3.57. The summed E-state index contributed by atoms with van der Waals surface area (Å²) in [6.07, 6.45) is 5.36. The SMILES string of the molecule is CC1=[C-]C2=C(C)C(C)=NC2=C1.[Cl-].[Cl-].[Zr+3]. The maximum absolute atomic E-state index is 4.40. The summed E-state index contributed by atoms with van der Waals surface area (Å²) in [7, 11) is 0. The minimum Gasteiger partial charge on any atom is -1.00 e. The quantitative estimate of drug-likeness (QED) is 0.411. The van der Waals surface area contributed by atoms with E-state index < -0.39 is 0 Å². The van der Waals surface area contributed by atoms with Crippen LogP contribution >= 0.6 is 0 Å². The Labute approximate surface area is 116 Å². The molecule has 0 fully saturated rings. The molecule has 0 aromatic rings. The molecule has 0 amide bonds. The van der Waals surface area contributed by atoms with Gasteiger partial charge in [-0.15, -0.1) is 28.9 Å². The Morgan fingerprint density at radius 1 is 1.14 bits per heavy atom. The van der Waals surface area contributed by atoms with E-state index in [0.717, 1.165) is 11.4 Å². The molecule has 73 valence electrons. The van der Waals surface area contributed by atoms with Crippen molar-refractivity contribution in [2.24, 2.45) is 4.99 Å². The molecule has 0 saturated carbocycles. The fraction of sp³-hybridized carbons (Fsp3) is 0.300. The second-order valence-corrected chi connectivity index (χ2v) is 3.03. The molecule has 4 heteroatoms. The van der Waals surface area contributed by atoms with Crippen LogP contribution in [0.25, 0.3) is 0 Å². The molecule has 0 N–H and O–H groups in total. The van der Waals surface area contributed by atoms with Crippen LogP contribution in [0.3, 0.4) is 0 Å². The van der Waals surface area contributed by atoms with Gasteiger partial charge in [0.25, 0.3) is 0 Å². The van der Waals surface area contributed by atoms with Crippen molar-refractivity contribution in [3.8, 4) is 0 Å². The molecular weight excluding hydrogens is 296 g/mol. The first kappa shape index (κ1) is 16.8. The molecule has 0 bridgehead atoms. The third-order valence-corrected chi connectivity index (χ3v) is 2.14. The van der Waals surface area contributed by atoms with Gasteiger partial charge in [-0.05, 0) is 12.6 Å². The van der Waals surface area contributed by atoms with Crippen LogP contribution in [-0.4, -0.2) is 5.71 Å². The standard InChI is InChI=1S/C10H10N.2ClH.Zr/c1-6-4-9-7(2)8(3)11-10(9)5-6;;;/h5H,1-3H3;2*1H;/q-1;;;+3/p-2. The summed E-state index contributed by atoms with van der Waals surface area (Å²) in [4.78, 5) is 4.40. The van der Waals surface area contributed by atoms with E-state index in [2.05, 4.69) is 31.0 Å². The molecule has 14 heavy (non-hydrogen) atoms. The third kappa shape index (κ3) is 2.68. The number of fused-ring (bicyclic) bond motifs is 1. The minimum absolute atomic E-state index is 0. The maximum Gasteiger partial charge on any atom is 3.00 e. The van der Waals surface area contributed by atoms with Crippen LogP contribution in [0.15, 0.2) is 33.5 Å². The number of allylic oxidation sites excluding steroid dienone is 4. The van der Waals surface area contributed by atoms with E-state index in [1.165, 1.54) is 16.7 Å². The van der Waals surface area contributed by atoms with Gasteiger partial charge in [0.05, 0.1) is 0 Å². The van der Waals surface area contributed by atoms with Crippen molar-refractivity contribution in [3.05, 3.63) is 34.6 Å². The number of hydrogen-bond acceptors (Lipinski definition) is 1. The fourth-order valence-corrected chi connectivity index (χ4v) is 1.39. The summed E-state index contributed by atoms with van der Waals surface area (Å²) in [5.74, 6) is 0. The molecule has 1 heterocycles. The average molecular weight is 306 g/mol. The molecule has 0 aromatic heterocycles. The van der Waals surface area contributed by atoms with Gasteiger partial charge >= 0.3 is 26.2 Å². The molecule has 0 aromatic carbocycles. The van der Waals surface area contributed by atoms with Crippen molar-refractivity contribution in [1.29, 1.82) is 0 Å². The molecule has 1 aliphatic carbocycles. The van der Waals surface area contributed by atoms with Gasteiger partial charge in [0.15, 0.2) is 0 Å². The number of aliphatic imine (C=N–C) groups is 1. The van der Waals surface area contributed by atoms with E-state index in [1.54, 1.807) is 0 Å². The summed E-state index contributed by atoms with van der Waals surface area (Å²) in [6.45, 7) is 6.19. The first-order chi connectivity index (χ1) is 5.18. The van der Waals surface area contributed by atoms with Gasteiger partial charge in [0, 0.05) is 0 Å². The van der Waals surface area contributed by atoms with Gasteiger partial charge in [-0.1, -0.05) is 19.5 Å². The average Bonchev–Trinajstić information content (AvgIpc) is 2.37. The topological polar surface area (TPSA) is 12.4 Å². The van der Waals surface area contributed by atoms with Crippen LogP contribution in [0, 0.1) is 6.08 Å². The largest absolute Gasteiger partial charge is 3.00 e. The predicted molar refractivity (Wildman–Crippen MR) is 46.3 cm³/mol. The number of nitrogens with zero attached hydrogens (tertiary/aromatic N) is 1. The van der Waals surface area contributed by atoms with Gasteiger partial charge in [-0.2, -0.15) is 0 Å². The van der Waals surface area contributed by atoms with E-state index >= 15 is 0 Å². The zero-order valence-corrected chi connectivity index (χ0v) is 12.3. The fourth-order valence-electron chi connectivity index (χ4n) is 1.39. The Morgan fingerprint density at radius 2 is 1.71 bits per heavy atom. The second kappa shape index (κ2) is 6.05. The molecule has 0 saturated heterocycles. The van der Waals surface area contributed by atoms with E-state index in [0.29, 0.717) is 0 Å². The summed E-state index contributed by atoms with van der Waals surface area (Å²) in [5.41, 5.74) is 5.88. The number of rotatable bonds is 0. The smallest absolute Gasteiger partial charge is 1.00 e. The van der Waals surface area contributed by atoms with E-state index in [-0.39, 0.29) is 51.0 Å². The van der Waals surface area contributed by atoms with Crippen LogP contribution in [-0.2, 0) is 26.2 Å². The molecule has 1 radical (unpaired) electrons. The molecule has 1 nitrogen and oxygen atoms in total. The monoisotopic (exact) mass is 304 g/mol. The minimum atomic E-state index is 0. The molecule has 0 atom stereocenters. The Balaban J connectivity index is 0. The molecule has 2 aliphatic rings. The summed E-state index contributed by atoms with van der Waals surface area (Å²) in [6, 6.07) is 0. The van der Waals surface area contributed by atoms with E-state index in [4.69, 9.17) is 0 Å². The first-order valence-corrected chi connectivity index (χ1v) is 3.77. The second-order valence-electron chi connectivity index (χ2n) is 3.03. The molecule has 0 unspecified atom stereocenters. The van der Waals surface area contributed by atoms with Gasteiger partial charge < -0.3 is 29.8 Å². The summed E-state index contributed by atoms with van der Waals surface area (Å²) in [5, 5.41) is 0. The maximum atomic E-state index is 4.40. The number of halogens is 2.